The fourth-order valence-corrected chi connectivity index (χ4v) is 5.60. The van der Waals surface area contributed by atoms with Gasteiger partial charge in [-0.1, -0.05) is 28.1 Å². The first-order valence-electron chi connectivity index (χ1n) is 11.6. The minimum atomic E-state index is -1.17. The summed E-state index contributed by atoms with van der Waals surface area (Å²) in [5.41, 5.74) is 1.25. The molecule has 2 aromatic rings. The van der Waals surface area contributed by atoms with Crippen molar-refractivity contribution >= 4 is 45.0 Å². The molecule has 196 valence electrons. The number of piperidine rings is 1. The zero-order valence-corrected chi connectivity index (χ0v) is 22.3. The number of carboxylic acids is 1. The number of carbonyl (C=O) groups is 2. The maximum absolute atomic E-state index is 14.6. The van der Waals surface area contributed by atoms with E-state index in [1.54, 1.807) is 24.6 Å². The van der Waals surface area contributed by atoms with Gasteiger partial charge in [0.05, 0.1) is 12.2 Å². The van der Waals surface area contributed by atoms with Gasteiger partial charge in [-0.15, -0.1) is 11.3 Å². The van der Waals surface area contributed by atoms with E-state index >= 15 is 0 Å². The first-order chi connectivity index (χ1) is 17.7. The van der Waals surface area contributed by atoms with Crippen LogP contribution in [0.25, 0.3) is 0 Å². The molecule has 0 saturated carbocycles. The number of hydrogen-bond donors (Lipinski definition) is 2. The van der Waals surface area contributed by atoms with E-state index in [-0.39, 0.29) is 37.6 Å². The lowest BCUT2D eigenvalue weighted by molar-refractivity contribution is -0.139. The number of alkyl halides is 1. The van der Waals surface area contributed by atoms with E-state index in [1.807, 2.05) is 4.90 Å². The molecule has 4 rings (SSSR count). The van der Waals surface area contributed by atoms with Gasteiger partial charge >= 0.3 is 11.9 Å². The van der Waals surface area contributed by atoms with Crippen LogP contribution in [0.1, 0.15) is 30.0 Å². The number of nitrogens with one attached hydrogen (secondary N) is 1. The fourth-order valence-electron chi connectivity index (χ4n) is 4.44. The summed E-state index contributed by atoms with van der Waals surface area (Å²) in [6.07, 6.45) is 3.21. The van der Waals surface area contributed by atoms with Gasteiger partial charge in [0.1, 0.15) is 18.0 Å². The first-order valence-corrected chi connectivity index (χ1v) is 13.3. The monoisotopic (exact) mass is 594 g/mol. The molecular weight excluding hydrogens is 570 g/mol. The van der Waals surface area contributed by atoms with E-state index in [9.17, 15) is 18.4 Å². The number of carbonyl (C=O) groups excluding carboxylic acids is 1. The molecule has 8 nitrogen and oxygen atoms in total. The topological polar surface area (TPSA) is 104 Å². The van der Waals surface area contributed by atoms with Crippen LogP contribution in [-0.4, -0.2) is 65.2 Å². The van der Waals surface area contributed by atoms with Crippen molar-refractivity contribution in [2.24, 2.45) is 10.9 Å². The molecule has 2 aliphatic rings. The van der Waals surface area contributed by atoms with Crippen molar-refractivity contribution in [2.75, 3.05) is 26.2 Å². The van der Waals surface area contributed by atoms with E-state index in [4.69, 9.17) is 14.8 Å². The number of rotatable bonds is 8. The van der Waals surface area contributed by atoms with Gasteiger partial charge in [0.25, 0.3) is 0 Å². The summed E-state index contributed by atoms with van der Waals surface area (Å²) < 4.78 is 34.3. The lowest BCUT2D eigenvalue weighted by Gasteiger charge is -2.36. The van der Waals surface area contributed by atoms with Gasteiger partial charge in [-0.3, -0.25) is 9.89 Å². The average molecular weight is 595 g/mol. The Labute approximate surface area is 224 Å². The van der Waals surface area contributed by atoms with Crippen molar-refractivity contribution in [3.63, 3.8) is 0 Å². The molecule has 0 amide bonds. The van der Waals surface area contributed by atoms with Gasteiger partial charge in [-0.2, -0.15) is 0 Å². The number of benzene rings is 1. The molecule has 1 saturated heterocycles. The highest BCUT2D eigenvalue weighted by Crippen LogP contribution is 2.37. The molecule has 12 heteroatoms. The molecule has 1 aromatic heterocycles. The van der Waals surface area contributed by atoms with Gasteiger partial charge in [0, 0.05) is 47.5 Å². The van der Waals surface area contributed by atoms with Crippen LogP contribution in [0.2, 0.25) is 0 Å². The van der Waals surface area contributed by atoms with Crippen LogP contribution in [-0.2, 0) is 14.3 Å². The number of aliphatic imine (C=N–C) groups is 1. The highest BCUT2D eigenvalue weighted by Gasteiger charge is 2.36. The predicted molar refractivity (Wildman–Crippen MR) is 139 cm³/mol. The SMILES string of the molecule is CCOC(=O)C1=C(CN2CC(F)CC(/C=C/C(=O)O)C2)NC(c2nccs2)=N[C@H]1c1ccc(F)cc1Br. The molecule has 2 aliphatic heterocycles. The second kappa shape index (κ2) is 12.1. The van der Waals surface area contributed by atoms with Crippen molar-refractivity contribution in [1.29, 1.82) is 0 Å². The number of hydrogen-bond acceptors (Lipinski definition) is 8. The molecule has 1 aromatic carbocycles. The van der Waals surface area contributed by atoms with E-state index in [0.717, 1.165) is 6.08 Å². The highest BCUT2D eigenvalue weighted by atomic mass is 79.9. The van der Waals surface area contributed by atoms with Crippen LogP contribution in [0.15, 0.2) is 62.7 Å². The third-order valence-corrected chi connectivity index (χ3v) is 7.38. The maximum atomic E-state index is 14.6. The molecule has 1 fully saturated rings. The quantitative estimate of drug-likeness (QED) is 0.348. The summed E-state index contributed by atoms with van der Waals surface area (Å²) in [6, 6.07) is 3.31. The van der Waals surface area contributed by atoms with Gasteiger partial charge in [0.2, 0.25) is 0 Å². The second-order valence-corrected chi connectivity index (χ2v) is 10.4. The van der Waals surface area contributed by atoms with Crippen molar-refractivity contribution in [2.45, 2.75) is 25.6 Å². The number of amidine groups is 1. The predicted octanol–water partition coefficient (Wildman–Crippen LogP) is 4.25. The molecule has 0 spiro atoms. The van der Waals surface area contributed by atoms with Crippen LogP contribution in [0.5, 0.6) is 0 Å². The standard InChI is InChI=1S/C25H25BrF2N4O4S/c1-2-36-25(35)21-19(13-32-11-14(3-6-20(33)34)9-16(28)12-32)30-23(24-29-7-8-37-24)31-22(21)17-5-4-15(27)10-18(17)26/h3-8,10,14,16,22H,2,9,11-13H2,1H3,(H,30,31)(H,33,34)/b6-3+/t14?,16?,22-/m0/s1. The number of likely N-dealkylation sites (tertiary alicyclic amines) is 1. The molecule has 2 N–H and O–H groups in total. The Hall–Kier alpha value is -2.96. The van der Waals surface area contributed by atoms with Crippen molar-refractivity contribution in [1.82, 2.24) is 15.2 Å². The Morgan fingerprint density at radius 1 is 1.38 bits per heavy atom. The summed E-state index contributed by atoms with van der Waals surface area (Å²) in [5.74, 6) is -2.01. The minimum absolute atomic E-state index is 0.118. The Kier molecular flexibility index (Phi) is 8.83. The Bertz CT molecular complexity index is 1250. The summed E-state index contributed by atoms with van der Waals surface area (Å²) >= 11 is 4.76. The normalized spacial score (nSPS) is 22.6. The van der Waals surface area contributed by atoms with E-state index < -0.39 is 30.0 Å². The number of nitrogens with zero attached hydrogens (tertiary/aromatic N) is 3. The number of carboxylic acid groups (broad SMARTS) is 1. The van der Waals surface area contributed by atoms with E-state index in [1.165, 1.54) is 29.5 Å². The lowest BCUT2D eigenvalue weighted by atomic mass is 9.93. The van der Waals surface area contributed by atoms with Gasteiger partial charge in [-0.25, -0.2) is 23.4 Å². The maximum Gasteiger partial charge on any atom is 0.338 e. The zero-order chi connectivity index (χ0) is 26.5. The Morgan fingerprint density at radius 3 is 2.86 bits per heavy atom. The smallest absolute Gasteiger partial charge is 0.338 e. The fraction of sp³-hybridized carbons (Fsp3) is 0.360. The average Bonchev–Trinajstić information content (AvgIpc) is 3.37. The second-order valence-electron chi connectivity index (χ2n) is 8.61. The molecule has 37 heavy (non-hydrogen) atoms. The van der Waals surface area contributed by atoms with Crippen molar-refractivity contribution < 1.29 is 28.2 Å². The van der Waals surface area contributed by atoms with Crippen LogP contribution in [0.4, 0.5) is 8.78 Å². The minimum Gasteiger partial charge on any atom is -0.478 e. The van der Waals surface area contributed by atoms with Crippen LogP contribution < -0.4 is 5.32 Å². The van der Waals surface area contributed by atoms with Crippen molar-refractivity contribution in [3.05, 3.63) is 74.1 Å². The van der Waals surface area contributed by atoms with Gasteiger partial charge in [0.15, 0.2) is 10.8 Å². The number of thiazole rings is 1. The number of aromatic nitrogens is 1. The largest absolute Gasteiger partial charge is 0.478 e. The van der Waals surface area contributed by atoms with E-state index in [0.29, 0.717) is 33.1 Å². The molecule has 0 aliphatic carbocycles. The third kappa shape index (κ3) is 6.68. The summed E-state index contributed by atoms with van der Waals surface area (Å²) in [6.45, 7) is 2.51. The number of esters is 1. The Balaban J connectivity index is 1.76. The number of aliphatic carboxylic acids is 1. The summed E-state index contributed by atoms with van der Waals surface area (Å²) in [5, 5.41) is 14.6. The number of halogens is 3. The highest BCUT2D eigenvalue weighted by molar-refractivity contribution is 9.10. The van der Waals surface area contributed by atoms with Crippen LogP contribution in [0, 0.1) is 11.7 Å². The van der Waals surface area contributed by atoms with E-state index in [2.05, 4.69) is 26.2 Å². The molecule has 0 radical (unpaired) electrons. The zero-order valence-electron chi connectivity index (χ0n) is 19.9. The van der Waals surface area contributed by atoms with Gasteiger partial charge < -0.3 is 15.2 Å². The molecule has 3 atom stereocenters. The molecule has 3 heterocycles. The summed E-state index contributed by atoms with van der Waals surface area (Å²) in [7, 11) is 0. The van der Waals surface area contributed by atoms with Crippen LogP contribution >= 0.6 is 27.3 Å². The number of ether oxygens (including phenoxy) is 1. The first kappa shape index (κ1) is 27.1. The molecule has 0 bridgehead atoms. The third-order valence-electron chi connectivity index (χ3n) is 5.91. The molecule has 2 unspecified atom stereocenters. The lowest BCUT2D eigenvalue weighted by Crippen LogP contribution is -2.45. The van der Waals surface area contributed by atoms with Gasteiger partial charge in [-0.05, 0) is 37.0 Å². The summed E-state index contributed by atoms with van der Waals surface area (Å²) in [4.78, 5) is 35.1. The van der Waals surface area contributed by atoms with Crippen LogP contribution in [0.3, 0.4) is 0 Å². The van der Waals surface area contributed by atoms with Crippen molar-refractivity contribution in [3.8, 4) is 0 Å². The Morgan fingerprint density at radius 2 is 2.19 bits per heavy atom. The molecular formula is C25H25BrF2N4O4S.